The SMILES string of the molecule is C=CCCn1c(=S)[nH]c2c(OCCC)cccc21. The molecule has 0 aliphatic carbocycles. The van der Waals surface area contributed by atoms with Gasteiger partial charge in [0.15, 0.2) is 4.77 Å². The second kappa shape index (κ2) is 5.87. The molecular weight excluding hydrogens is 244 g/mol. The van der Waals surface area contributed by atoms with E-state index in [1.165, 1.54) is 0 Å². The van der Waals surface area contributed by atoms with Gasteiger partial charge in [-0.3, -0.25) is 0 Å². The van der Waals surface area contributed by atoms with E-state index in [0.29, 0.717) is 0 Å². The molecule has 1 aromatic carbocycles. The Labute approximate surface area is 112 Å². The largest absolute Gasteiger partial charge is 0.491 e. The molecule has 2 aromatic rings. The third kappa shape index (κ3) is 2.48. The van der Waals surface area contributed by atoms with Crippen molar-refractivity contribution in [3.63, 3.8) is 0 Å². The molecule has 0 saturated heterocycles. The first-order valence-corrected chi connectivity index (χ1v) is 6.64. The van der Waals surface area contributed by atoms with Crippen LogP contribution < -0.4 is 4.74 Å². The zero-order valence-electron chi connectivity index (χ0n) is 10.6. The summed E-state index contributed by atoms with van der Waals surface area (Å²) < 4.78 is 8.55. The molecule has 0 aliphatic heterocycles. The van der Waals surface area contributed by atoms with Crippen molar-refractivity contribution in [2.45, 2.75) is 26.3 Å². The van der Waals surface area contributed by atoms with E-state index < -0.39 is 0 Å². The highest BCUT2D eigenvalue weighted by Crippen LogP contribution is 2.25. The van der Waals surface area contributed by atoms with Crippen molar-refractivity contribution < 1.29 is 4.74 Å². The third-order valence-corrected chi connectivity index (χ3v) is 3.11. The number of aryl methyl sites for hydroxylation is 1. The number of imidazole rings is 1. The quantitative estimate of drug-likeness (QED) is 0.628. The summed E-state index contributed by atoms with van der Waals surface area (Å²) >= 11 is 5.36. The average Bonchev–Trinajstić information content (AvgIpc) is 2.70. The van der Waals surface area contributed by atoms with Gasteiger partial charge in [-0.05, 0) is 37.2 Å². The highest BCUT2D eigenvalue weighted by molar-refractivity contribution is 7.71. The summed E-state index contributed by atoms with van der Waals surface area (Å²) in [5.74, 6) is 0.873. The Morgan fingerprint density at radius 1 is 1.50 bits per heavy atom. The fourth-order valence-corrected chi connectivity index (χ4v) is 2.22. The molecule has 1 aromatic heterocycles. The fourth-order valence-electron chi connectivity index (χ4n) is 1.93. The van der Waals surface area contributed by atoms with Crippen molar-refractivity contribution in [1.29, 1.82) is 0 Å². The lowest BCUT2D eigenvalue weighted by Gasteiger charge is -2.06. The number of aromatic amines is 1. The van der Waals surface area contributed by atoms with Crippen LogP contribution in [0.2, 0.25) is 0 Å². The second-order valence-electron chi connectivity index (χ2n) is 4.16. The van der Waals surface area contributed by atoms with Crippen LogP contribution >= 0.6 is 12.2 Å². The minimum absolute atomic E-state index is 0.720. The number of aromatic nitrogens is 2. The minimum atomic E-state index is 0.720. The van der Waals surface area contributed by atoms with E-state index in [-0.39, 0.29) is 0 Å². The molecule has 1 heterocycles. The Hall–Kier alpha value is -1.55. The molecule has 3 nitrogen and oxygen atoms in total. The monoisotopic (exact) mass is 262 g/mol. The molecule has 4 heteroatoms. The summed E-state index contributed by atoms with van der Waals surface area (Å²) in [7, 11) is 0. The highest BCUT2D eigenvalue weighted by Gasteiger charge is 2.08. The van der Waals surface area contributed by atoms with Crippen LogP contribution in [0, 0.1) is 4.77 Å². The topological polar surface area (TPSA) is 29.9 Å². The van der Waals surface area contributed by atoms with Gasteiger partial charge in [0, 0.05) is 6.54 Å². The number of allylic oxidation sites excluding steroid dienone is 1. The van der Waals surface area contributed by atoms with Gasteiger partial charge in [0.1, 0.15) is 11.3 Å². The van der Waals surface area contributed by atoms with Gasteiger partial charge in [0.05, 0.1) is 12.1 Å². The summed E-state index contributed by atoms with van der Waals surface area (Å²) in [5.41, 5.74) is 2.08. The normalized spacial score (nSPS) is 10.7. The molecule has 1 N–H and O–H groups in total. The van der Waals surface area contributed by atoms with Gasteiger partial charge in [-0.15, -0.1) is 6.58 Å². The van der Waals surface area contributed by atoms with Crippen LogP contribution in [0.25, 0.3) is 11.0 Å². The van der Waals surface area contributed by atoms with Gasteiger partial charge in [0.2, 0.25) is 0 Å². The molecule has 2 rings (SSSR count). The Morgan fingerprint density at radius 3 is 3.06 bits per heavy atom. The Kier molecular flexibility index (Phi) is 4.20. The van der Waals surface area contributed by atoms with E-state index in [4.69, 9.17) is 17.0 Å². The second-order valence-corrected chi connectivity index (χ2v) is 4.54. The van der Waals surface area contributed by atoms with Gasteiger partial charge in [-0.2, -0.15) is 0 Å². The highest BCUT2D eigenvalue weighted by atomic mass is 32.1. The van der Waals surface area contributed by atoms with E-state index in [2.05, 4.69) is 29.1 Å². The van der Waals surface area contributed by atoms with Crippen molar-refractivity contribution in [2.75, 3.05) is 6.61 Å². The minimum Gasteiger partial charge on any atom is -0.491 e. The number of hydrogen-bond acceptors (Lipinski definition) is 2. The maximum absolute atomic E-state index is 5.73. The molecule has 0 atom stereocenters. The number of benzene rings is 1. The number of rotatable bonds is 6. The predicted octanol–water partition coefficient (Wildman–Crippen LogP) is 4.06. The molecular formula is C14H18N2OS. The molecule has 0 unspecified atom stereocenters. The number of para-hydroxylation sites is 1. The van der Waals surface area contributed by atoms with Crippen LogP contribution in [0.1, 0.15) is 19.8 Å². The number of hydrogen-bond donors (Lipinski definition) is 1. The number of nitrogens with zero attached hydrogens (tertiary/aromatic N) is 1. The van der Waals surface area contributed by atoms with E-state index in [9.17, 15) is 0 Å². The third-order valence-electron chi connectivity index (χ3n) is 2.79. The summed E-state index contributed by atoms with van der Waals surface area (Å²) in [6, 6.07) is 6.03. The summed E-state index contributed by atoms with van der Waals surface area (Å²) in [4.78, 5) is 3.23. The van der Waals surface area contributed by atoms with Gasteiger partial charge >= 0.3 is 0 Å². The van der Waals surface area contributed by atoms with Crippen LogP contribution in [0.15, 0.2) is 30.9 Å². The van der Waals surface area contributed by atoms with Gasteiger partial charge < -0.3 is 14.3 Å². The zero-order chi connectivity index (χ0) is 13.0. The fraction of sp³-hybridized carbons (Fsp3) is 0.357. The van der Waals surface area contributed by atoms with Gasteiger partial charge in [-0.1, -0.05) is 19.1 Å². The average molecular weight is 262 g/mol. The van der Waals surface area contributed by atoms with Crippen LogP contribution in [-0.2, 0) is 6.54 Å². The Bertz CT molecular complexity index is 597. The Balaban J connectivity index is 2.45. The number of nitrogens with one attached hydrogen (secondary N) is 1. The lowest BCUT2D eigenvalue weighted by Crippen LogP contribution is -1.97. The standard InChI is InChI=1S/C14H18N2OS/c1-3-5-9-16-11-7-6-8-12(17-10-4-2)13(11)15-14(16)18/h3,6-8H,1,4-5,9-10H2,2H3,(H,15,18). The smallest absolute Gasteiger partial charge is 0.178 e. The van der Waals surface area contributed by atoms with E-state index in [1.807, 2.05) is 18.2 Å². The predicted molar refractivity (Wildman–Crippen MR) is 77.7 cm³/mol. The summed E-state index contributed by atoms with van der Waals surface area (Å²) in [5, 5.41) is 0. The molecule has 0 spiro atoms. The molecule has 0 aliphatic rings. The molecule has 96 valence electrons. The molecule has 0 saturated carbocycles. The first-order chi connectivity index (χ1) is 8.77. The Morgan fingerprint density at radius 2 is 2.33 bits per heavy atom. The van der Waals surface area contributed by atoms with Crippen LogP contribution in [0.3, 0.4) is 0 Å². The van der Waals surface area contributed by atoms with E-state index in [1.54, 1.807) is 0 Å². The van der Waals surface area contributed by atoms with Gasteiger partial charge in [-0.25, -0.2) is 0 Å². The van der Waals surface area contributed by atoms with E-state index >= 15 is 0 Å². The number of ether oxygens (including phenoxy) is 1. The van der Waals surface area contributed by atoms with Crippen LogP contribution in [0.5, 0.6) is 5.75 Å². The van der Waals surface area contributed by atoms with Crippen molar-refractivity contribution in [3.8, 4) is 5.75 Å². The molecule has 18 heavy (non-hydrogen) atoms. The summed E-state index contributed by atoms with van der Waals surface area (Å²) in [6.45, 7) is 7.41. The van der Waals surface area contributed by atoms with Crippen molar-refractivity contribution in [3.05, 3.63) is 35.6 Å². The van der Waals surface area contributed by atoms with Crippen LogP contribution in [-0.4, -0.2) is 16.2 Å². The first kappa shape index (κ1) is 12.9. The maximum atomic E-state index is 5.73. The van der Waals surface area contributed by atoms with Crippen molar-refractivity contribution >= 4 is 23.3 Å². The zero-order valence-corrected chi connectivity index (χ0v) is 11.4. The van der Waals surface area contributed by atoms with E-state index in [0.717, 1.165) is 47.5 Å². The van der Waals surface area contributed by atoms with Crippen LogP contribution in [0.4, 0.5) is 0 Å². The summed E-state index contributed by atoms with van der Waals surface area (Å²) in [6.07, 6.45) is 3.80. The maximum Gasteiger partial charge on any atom is 0.178 e. The molecule has 0 radical (unpaired) electrons. The molecule has 0 bridgehead atoms. The van der Waals surface area contributed by atoms with Gasteiger partial charge in [0.25, 0.3) is 0 Å². The number of fused-ring (bicyclic) bond motifs is 1. The number of H-pyrrole nitrogens is 1. The lowest BCUT2D eigenvalue weighted by atomic mass is 10.3. The first-order valence-electron chi connectivity index (χ1n) is 6.23. The molecule has 0 amide bonds. The lowest BCUT2D eigenvalue weighted by molar-refractivity contribution is 0.320. The van der Waals surface area contributed by atoms with Crippen molar-refractivity contribution in [1.82, 2.24) is 9.55 Å². The van der Waals surface area contributed by atoms with Crippen molar-refractivity contribution in [2.24, 2.45) is 0 Å². The molecule has 0 fully saturated rings.